The number of nitrogens with zero attached hydrogens (tertiary/aromatic N) is 2. The van der Waals surface area contributed by atoms with E-state index in [-0.39, 0.29) is 25.1 Å². The van der Waals surface area contributed by atoms with Gasteiger partial charge in [0.25, 0.3) is 0 Å². The van der Waals surface area contributed by atoms with Crippen LogP contribution in [0.4, 0.5) is 4.79 Å². The van der Waals surface area contributed by atoms with Crippen LogP contribution >= 0.6 is 0 Å². The van der Waals surface area contributed by atoms with E-state index in [1.807, 2.05) is 0 Å². The van der Waals surface area contributed by atoms with E-state index < -0.39 is 53.1 Å². The highest BCUT2D eigenvalue weighted by atomic mass is 16.6. The first-order valence-electron chi connectivity index (χ1n) is 12.7. The molecule has 1 aromatic heterocycles. The molecule has 1 saturated heterocycles. The number of carbonyl (C=O) groups is 4. The Bertz CT molecular complexity index is 1370. The molecule has 12 nitrogen and oxygen atoms in total. The summed E-state index contributed by atoms with van der Waals surface area (Å²) in [5.41, 5.74) is -1.88. The number of carboxylic acid groups (broad SMARTS) is 1. The van der Waals surface area contributed by atoms with Crippen LogP contribution in [0.3, 0.4) is 0 Å². The molecule has 2 amide bonds. The highest BCUT2D eigenvalue weighted by Gasteiger charge is 2.61. The third-order valence-corrected chi connectivity index (χ3v) is 6.89. The van der Waals surface area contributed by atoms with Crippen LogP contribution in [0, 0.1) is 5.92 Å². The number of benzene rings is 1. The maximum atomic E-state index is 13.4. The number of hydrogen-bond acceptors (Lipinski definition) is 9. The summed E-state index contributed by atoms with van der Waals surface area (Å²) in [5, 5.41) is 12.9. The first-order valence-corrected chi connectivity index (χ1v) is 12.7. The number of methoxy groups -OCH3 is 2. The second kappa shape index (κ2) is 10.7. The van der Waals surface area contributed by atoms with E-state index in [0.29, 0.717) is 22.4 Å². The molecule has 0 unspecified atom stereocenters. The number of hydrogen-bond donors (Lipinski definition) is 2. The molecule has 0 bridgehead atoms. The highest BCUT2D eigenvalue weighted by molar-refractivity contribution is 5.95. The molecule has 2 heterocycles. The lowest BCUT2D eigenvalue weighted by Crippen LogP contribution is -2.53. The lowest BCUT2D eigenvalue weighted by molar-refractivity contribution is -0.144. The molecule has 1 aliphatic carbocycles. The lowest BCUT2D eigenvalue weighted by Gasteiger charge is -2.28. The Balaban J connectivity index is 1.65. The van der Waals surface area contributed by atoms with E-state index >= 15 is 0 Å². The van der Waals surface area contributed by atoms with Crippen molar-refractivity contribution in [3.8, 4) is 11.5 Å². The van der Waals surface area contributed by atoms with Gasteiger partial charge in [0.05, 0.1) is 26.3 Å². The van der Waals surface area contributed by atoms with Gasteiger partial charge in [0.1, 0.15) is 34.8 Å². The van der Waals surface area contributed by atoms with E-state index in [1.165, 1.54) is 31.3 Å². The Kier molecular flexibility index (Phi) is 7.64. The average molecular weight is 556 g/mol. The number of carboxylic acids is 1. The van der Waals surface area contributed by atoms with Crippen LogP contribution in [-0.2, 0) is 19.1 Å². The Hall–Kier alpha value is -4.35. The predicted molar refractivity (Wildman–Crippen MR) is 142 cm³/mol. The number of amides is 2. The molecule has 1 aliphatic heterocycles. The van der Waals surface area contributed by atoms with Gasteiger partial charge in [0, 0.05) is 29.9 Å². The number of esters is 1. The fraction of sp³-hybridized carbons (Fsp3) is 0.464. The number of nitrogens with one attached hydrogen (secondary N) is 1. The molecule has 40 heavy (non-hydrogen) atoms. The van der Waals surface area contributed by atoms with E-state index in [0.717, 1.165) is 0 Å². The summed E-state index contributed by atoms with van der Waals surface area (Å²) in [6, 6.07) is 5.45. The molecule has 2 fully saturated rings. The molecule has 0 spiro atoms. The largest absolute Gasteiger partial charge is 0.497 e. The molecule has 214 valence electrons. The first-order chi connectivity index (χ1) is 18.8. The zero-order chi connectivity index (χ0) is 29.4. The number of aromatic nitrogens is 1. The number of likely N-dealkylation sites (tertiary alicyclic amines) is 1. The molecule has 4 atom stereocenters. The van der Waals surface area contributed by atoms with Crippen LogP contribution in [0.15, 0.2) is 36.9 Å². The third-order valence-electron chi connectivity index (χ3n) is 6.89. The van der Waals surface area contributed by atoms with Gasteiger partial charge in [-0.1, -0.05) is 6.08 Å². The van der Waals surface area contributed by atoms with Gasteiger partial charge in [0.15, 0.2) is 5.69 Å². The van der Waals surface area contributed by atoms with Gasteiger partial charge in [-0.3, -0.25) is 9.69 Å². The van der Waals surface area contributed by atoms with Crippen LogP contribution in [0.1, 0.15) is 44.1 Å². The van der Waals surface area contributed by atoms with Gasteiger partial charge >= 0.3 is 18.0 Å². The maximum absolute atomic E-state index is 13.4. The summed E-state index contributed by atoms with van der Waals surface area (Å²) in [4.78, 5) is 56.4. The molecule has 0 radical (unpaired) electrons. The number of rotatable bonds is 8. The molecule has 1 aromatic carbocycles. The number of pyridine rings is 1. The van der Waals surface area contributed by atoms with Gasteiger partial charge in [-0.2, -0.15) is 0 Å². The van der Waals surface area contributed by atoms with Crippen LogP contribution in [0.2, 0.25) is 0 Å². The minimum absolute atomic E-state index is 0.00198. The van der Waals surface area contributed by atoms with Crippen molar-refractivity contribution in [1.29, 1.82) is 0 Å². The summed E-state index contributed by atoms with van der Waals surface area (Å²) in [6.07, 6.45) is 0.311. The van der Waals surface area contributed by atoms with Crippen molar-refractivity contribution in [3.63, 3.8) is 0 Å². The third kappa shape index (κ3) is 5.65. The zero-order valence-corrected chi connectivity index (χ0v) is 23.1. The van der Waals surface area contributed by atoms with Crippen molar-refractivity contribution in [1.82, 2.24) is 15.2 Å². The van der Waals surface area contributed by atoms with Gasteiger partial charge < -0.3 is 29.4 Å². The Labute approximate surface area is 231 Å². The van der Waals surface area contributed by atoms with Crippen molar-refractivity contribution in [2.24, 2.45) is 5.92 Å². The van der Waals surface area contributed by atoms with Crippen LogP contribution in [0.5, 0.6) is 11.5 Å². The molecule has 12 heteroatoms. The fourth-order valence-corrected chi connectivity index (χ4v) is 4.76. The molecular weight excluding hydrogens is 522 g/mol. The van der Waals surface area contributed by atoms with Crippen LogP contribution in [0.25, 0.3) is 10.9 Å². The molecule has 2 aliphatic rings. The van der Waals surface area contributed by atoms with Gasteiger partial charge in [0.2, 0.25) is 5.91 Å². The predicted octanol–water partition coefficient (Wildman–Crippen LogP) is 2.93. The van der Waals surface area contributed by atoms with Crippen LogP contribution in [-0.4, -0.2) is 83.0 Å². The topological polar surface area (TPSA) is 154 Å². The minimum Gasteiger partial charge on any atom is -0.497 e. The Morgan fingerprint density at radius 2 is 1.93 bits per heavy atom. The first kappa shape index (κ1) is 28.7. The van der Waals surface area contributed by atoms with E-state index in [2.05, 4.69) is 16.9 Å². The summed E-state index contributed by atoms with van der Waals surface area (Å²) in [5.74, 6) is -2.09. The van der Waals surface area contributed by atoms with E-state index in [4.69, 9.17) is 18.9 Å². The minimum atomic E-state index is -1.47. The molecule has 1 saturated carbocycles. The van der Waals surface area contributed by atoms with Crippen molar-refractivity contribution in [2.75, 3.05) is 20.8 Å². The lowest BCUT2D eigenvalue weighted by atomic mass is 10.1. The summed E-state index contributed by atoms with van der Waals surface area (Å²) in [7, 11) is 2.74. The molecule has 2 N–H and O–H groups in total. The fourth-order valence-electron chi connectivity index (χ4n) is 4.76. The van der Waals surface area contributed by atoms with Crippen molar-refractivity contribution >= 4 is 34.8 Å². The smallest absolute Gasteiger partial charge is 0.411 e. The summed E-state index contributed by atoms with van der Waals surface area (Å²) < 4.78 is 21.9. The molecule has 2 aromatic rings. The second-order valence-corrected chi connectivity index (χ2v) is 10.8. The number of ether oxygens (including phenoxy) is 4. The van der Waals surface area contributed by atoms with E-state index in [9.17, 15) is 24.3 Å². The normalized spacial score (nSPS) is 23.7. The monoisotopic (exact) mass is 555 g/mol. The Morgan fingerprint density at radius 1 is 1.20 bits per heavy atom. The zero-order valence-electron chi connectivity index (χ0n) is 23.1. The summed E-state index contributed by atoms with van der Waals surface area (Å²) >= 11 is 0. The van der Waals surface area contributed by atoms with E-state index in [1.54, 1.807) is 39.0 Å². The van der Waals surface area contributed by atoms with Crippen molar-refractivity contribution in [3.05, 3.63) is 42.6 Å². The standard InChI is InChI=1S/C28H33N3O9/c1-7-15-13-28(15,25(34)35)30-23(32)21-11-17(14-31(21)26(36)40-27(2,3)4)39-22-12-20(24(33)38-6)29-19-10-16(37-5)8-9-18(19)22/h7-10,12,15,17,21H,1,11,13-14H2,2-6H3,(H,30,32)(H,34,35)/t15-,17-,21+,28-/m1/s1. The van der Waals surface area contributed by atoms with Gasteiger partial charge in [-0.25, -0.2) is 19.4 Å². The Morgan fingerprint density at radius 3 is 2.50 bits per heavy atom. The number of fused-ring (bicyclic) bond motifs is 1. The molecule has 4 rings (SSSR count). The second-order valence-electron chi connectivity index (χ2n) is 10.8. The van der Waals surface area contributed by atoms with Gasteiger partial charge in [-0.05, 0) is 39.3 Å². The molecular formula is C28H33N3O9. The van der Waals surface area contributed by atoms with Gasteiger partial charge in [-0.15, -0.1) is 6.58 Å². The van der Waals surface area contributed by atoms with Crippen molar-refractivity contribution < 1.29 is 43.2 Å². The quantitative estimate of drug-likeness (QED) is 0.367. The van der Waals surface area contributed by atoms with Crippen LogP contribution < -0.4 is 14.8 Å². The highest BCUT2D eigenvalue weighted by Crippen LogP contribution is 2.45. The van der Waals surface area contributed by atoms with Crippen molar-refractivity contribution in [2.45, 2.75) is 56.9 Å². The average Bonchev–Trinajstić information content (AvgIpc) is 3.46. The number of aliphatic carboxylic acids is 1. The number of carbonyl (C=O) groups excluding carboxylic acids is 3. The SMILES string of the molecule is C=C[C@@H]1C[C@]1(NC(=O)[C@@H]1C[C@@H](Oc2cc(C(=O)OC)nc3cc(OC)ccc23)CN1C(=O)OC(C)(C)C)C(=O)O. The maximum Gasteiger partial charge on any atom is 0.411 e. The summed E-state index contributed by atoms with van der Waals surface area (Å²) in [6.45, 7) is 8.73.